The molecule has 3 heteroatoms. The summed E-state index contributed by atoms with van der Waals surface area (Å²) in [6, 6.07) is 22.8. The van der Waals surface area contributed by atoms with Crippen molar-refractivity contribution in [3.05, 3.63) is 78.5 Å². The molecule has 2 aromatic carbocycles. The average molecular weight is 333 g/mol. The van der Waals surface area contributed by atoms with E-state index < -0.39 is 5.21 Å². The number of hydrogen-bond donors (Lipinski definition) is 0. The van der Waals surface area contributed by atoms with Crippen molar-refractivity contribution in [1.82, 2.24) is 4.98 Å². The van der Waals surface area contributed by atoms with Crippen molar-refractivity contribution in [2.45, 2.75) is 30.9 Å². The van der Waals surface area contributed by atoms with Gasteiger partial charge in [-0.25, -0.2) is 0 Å². The Kier molecular flexibility index (Phi) is 4.72. The molecule has 0 saturated heterocycles. The lowest BCUT2D eigenvalue weighted by Gasteiger charge is -2.33. The van der Waals surface area contributed by atoms with E-state index >= 15 is 0 Å². The Bertz CT molecular complexity index is 866. The zero-order chi connectivity index (χ0) is 18.0. The first-order valence-electron chi connectivity index (χ1n) is 9.35. The minimum Gasteiger partial charge on any atom is -0.256 e. The predicted octanol–water partition coefficient (Wildman–Crippen LogP) is 5.10. The van der Waals surface area contributed by atoms with E-state index in [9.17, 15) is 0 Å². The fraction of sp³-hybridized carbons (Fsp3) is 0.261. The molecule has 1 fully saturated rings. The van der Waals surface area contributed by atoms with Crippen LogP contribution >= 0.6 is 0 Å². The molecule has 1 aromatic heterocycles. The van der Waals surface area contributed by atoms with Crippen molar-refractivity contribution < 1.29 is 0 Å². The normalized spacial score (nSPS) is 15.2. The van der Waals surface area contributed by atoms with Crippen LogP contribution in [0.15, 0.2) is 72.9 Å². The molecule has 0 bridgehead atoms. The van der Waals surface area contributed by atoms with Crippen molar-refractivity contribution in [1.29, 1.82) is 0 Å². The highest BCUT2D eigenvalue weighted by Gasteiger charge is 2.32. The van der Waals surface area contributed by atoms with E-state index in [1.807, 2.05) is 30.5 Å². The van der Waals surface area contributed by atoms with Gasteiger partial charge in [0.2, 0.25) is 0 Å². The lowest BCUT2D eigenvalue weighted by molar-refractivity contribution is 0.486. The van der Waals surface area contributed by atoms with Crippen molar-refractivity contribution in [2.75, 3.05) is 0 Å². The molecule has 1 nitrogen and oxygen atoms in total. The van der Waals surface area contributed by atoms with Crippen LogP contribution in [0, 0.1) is 5.92 Å². The molecule has 1 heterocycles. The van der Waals surface area contributed by atoms with E-state index in [0.717, 1.165) is 40.8 Å². The van der Waals surface area contributed by atoms with Gasteiger partial charge >= 0.3 is 0 Å². The van der Waals surface area contributed by atoms with E-state index in [1.165, 1.54) is 12.8 Å². The van der Waals surface area contributed by atoms with Gasteiger partial charge in [0.25, 0.3) is 0 Å². The summed E-state index contributed by atoms with van der Waals surface area (Å²) in [5.41, 5.74) is 5.41. The highest BCUT2D eigenvalue weighted by molar-refractivity contribution is 6.40. The monoisotopic (exact) mass is 333 g/mol. The van der Waals surface area contributed by atoms with Crippen molar-refractivity contribution in [3.63, 3.8) is 0 Å². The first kappa shape index (κ1) is 17.1. The third-order valence-electron chi connectivity index (χ3n) is 5.58. The lowest BCUT2D eigenvalue weighted by atomic mass is 9.45. The second-order valence-electron chi connectivity index (χ2n) is 7.29. The third-order valence-corrected chi connectivity index (χ3v) is 5.58. The molecule has 0 unspecified atom stereocenters. The fourth-order valence-electron chi connectivity index (χ4n) is 3.97. The van der Waals surface area contributed by atoms with Crippen LogP contribution in [-0.4, -0.2) is 20.7 Å². The van der Waals surface area contributed by atoms with Gasteiger partial charge in [-0.3, -0.25) is 4.98 Å². The highest BCUT2D eigenvalue weighted by atomic mass is 14.7. The van der Waals surface area contributed by atoms with Gasteiger partial charge in [0.15, 0.2) is 0 Å². The molecule has 0 spiro atoms. The van der Waals surface area contributed by atoms with Gasteiger partial charge < -0.3 is 0 Å². The minimum atomic E-state index is -0.734. The Labute approximate surface area is 158 Å². The van der Waals surface area contributed by atoms with Crippen LogP contribution in [0.4, 0.5) is 0 Å². The number of benzene rings is 2. The van der Waals surface area contributed by atoms with Crippen LogP contribution in [0.25, 0.3) is 22.4 Å². The molecule has 1 aliphatic carbocycles. The van der Waals surface area contributed by atoms with Crippen LogP contribution < -0.4 is 0 Å². The highest BCUT2D eigenvalue weighted by Crippen LogP contribution is 2.38. The smallest absolute Gasteiger partial charge is 0.0708 e. The molecule has 0 aliphatic heterocycles. The van der Waals surface area contributed by atoms with Crippen LogP contribution in [0.2, 0.25) is 0 Å². The lowest BCUT2D eigenvalue weighted by Crippen LogP contribution is -2.34. The zero-order valence-corrected chi connectivity index (χ0v) is 14.9. The summed E-state index contributed by atoms with van der Waals surface area (Å²) >= 11 is 0. The fourth-order valence-corrected chi connectivity index (χ4v) is 3.97. The number of hydrogen-bond acceptors (Lipinski definition) is 1. The van der Waals surface area contributed by atoms with Gasteiger partial charge in [-0.15, -0.1) is 0 Å². The quantitative estimate of drug-likeness (QED) is 0.606. The summed E-state index contributed by atoms with van der Waals surface area (Å²) in [6.07, 6.45) is 6.58. The van der Waals surface area contributed by atoms with Crippen molar-refractivity contribution >= 4 is 15.7 Å². The second kappa shape index (κ2) is 7.15. The maximum absolute atomic E-state index is 6.50. The first-order chi connectivity index (χ1) is 12.6. The van der Waals surface area contributed by atoms with Gasteiger partial charge in [0, 0.05) is 11.8 Å². The molecule has 4 radical (unpaired) electrons. The van der Waals surface area contributed by atoms with Gasteiger partial charge in [0.05, 0.1) is 21.4 Å². The molecule has 4 rings (SSSR count). The van der Waals surface area contributed by atoms with E-state index in [2.05, 4.69) is 47.4 Å². The Hall–Kier alpha value is -2.28. The summed E-state index contributed by atoms with van der Waals surface area (Å²) in [7, 11) is 13.0. The van der Waals surface area contributed by atoms with E-state index in [-0.39, 0.29) is 0 Å². The van der Waals surface area contributed by atoms with Crippen LogP contribution in [0.5, 0.6) is 0 Å². The standard InChI is InChI=1S/C23H21B2N/c24-23(25,20-8-4-5-9-20)21-12-10-17(11-13-21)19-14-15-26-22(16-19)18-6-2-1-3-7-18/h1-3,6-7,10-16,20H,4-5,8-9H2. The summed E-state index contributed by atoms with van der Waals surface area (Å²) in [6.45, 7) is 0. The van der Waals surface area contributed by atoms with Gasteiger partial charge in [0.1, 0.15) is 0 Å². The number of pyridine rings is 1. The topological polar surface area (TPSA) is 12.9 Å². The maximum Gasteiger partial charge on any atom is 0.0708 e. The third kappa shape index (κ3) is 3.35. The first-order valence-corrected chi connectivity index (χ1v) is 9.35. The molecule has 0 atom stereocenters. The van der Waals surface area contributed by atoms with E-state index in [4.69, 9.17) is 15.7 Å². The van der Waals surface area contributed by atoms with Gasteiger partial charge in [-0.05, 0) is 29.2 Å². The second-order valence-corrected chi connectivity index (χ2v) is 7.29. The molecule has 124 valence electrons. The molecule has 3 aromatic rings. The van der Waals surface area contributed by atoms with E-state index in [1.54, 1.807) is 0 Å². The van der Waals surface area contributed by atoms with Gasteiger partial charge in [-0.1, -0.05) is 91.1 Å². The Morgan fingerprint density at radius 3 is 2.15 bits per heavy atom. The zero-order valence-electron chi connectivity index (χ0n) is 14.9. The molecule has 26 heavy (non-hydrogen) atoms. The Balaban J connectivity index is 1.61. The number of aromatic nitrogens is 1. The number of nitrogens with zero attached hydrogens (tertiary/aromatic N) is 1. The molecule has 1 aliphatic rings. The largest absolute Gasteiger partial charge is 0.256 e. The number of rotatable bonds is 4. The predicted molar refractivity (Wildman–Crippen MR) is 110 cm³/mol. The SMILES string of the molecule is [B]C([B])(c1ccc(-c2ccnc(-c3ccccc3)c2)cc1)C1CCCC1. The summed E-state index contributed by atoms with van der Waals surface area (Å²) in [5.74, 6) is 0.374. The molecular weight excluding hydrogens is 312 g/mol. The summed E-state index contributed by atoms with van der Waals surface area (Å²) in [5, 5.41) is -0.734. The molecular formula is C23H21B2N. The minimum absolute atomic E-state index is 0.374. The maximum atomic E-state index is 6.50. The molecule has 0 N–H and O–H groups in total. The summed E-state index contributed by atoms with van der Waals surface area (Å²) in [4.78, 5) is 4.50. The average Bonchev–Trinajstić information content (AvgIpc) is 3.25. The van der Waals surface area contributed by atoms with Gasteiger partial charge in [-0.2, -0.15) is 0 Å². The summed E-state index contributed by atoms with van der Waals surface area (Å²) < 4.78 is 0. The van der Waals surface area contributed by atoms with E-state index in [0.29, 0.717) is 5.92 Å². The molecule has 0 amide bonds. The van der Waals surface area contributed by atoms with Crippen LogP contribution in [0.3, 0.4) is 0 Å². The van der Waals surface area contributed by atoms with Crippen LogP contribution in [-0.2, 0) is 5.21 Å². The Morgan fingerprint density at radius 2 is 1.46 bits per heavy atom. The van der Waals surface area contributed by atoms with Crippen molar-refractivity contribution in [3.8, 4) is 22.4 Å². The van der Waals surface area contributed by atoms with Crippen molar-refractivity contribution in [2.24, 2.45) is 5.92 Å². The van der Waals surface area contributed by atoms with Crippen LogP contribution in [0.1, 0.15) is 31.2 Å². The molecule has 1 saturated carbocycles. The Morgan fingerprint density at radius 1 is 0.769 bits per heavy atom.